The van der Waals surface area contributed by atoms with E-state index in [1.165, 1.54) is 11.6 Å². The van der Waals surface area contributed by atoms with Crippen molar-refractivity contribution in [2.24, 2.45) is 0 Å². The fourth-order valence-corrected chi connectivity index (χ4v) is 5.02. The van der Waals surface area contributed by atoms with Gasteiger partial charge in [-0.2, -0.15) is 0 Å². The van der Waals surface area contributed by atoms with Crippen LogP contribution in [0.3, 0.4) is 0 Å². The van der Waals surface area contributed by atoms with Crippen molar-refractivity contribution in [3.63, 3.8) is 0 Å². The maximum Gasteiger partial charge on any atom is 0.222 e. The minimum Gasteiger partial charge on any atom is -0.494 e. The first-order chi connectivity index (χ1) is 17.5. The van der Waals surface area contributed by atoms with Crippen LogP contribution in [0.15, 0.2) is 48.5 Å². The van der Waals surface area contributed by atoms with Crippen molar-refractivity contribution in [2.45, 2.75) is 63.5 Å². The van der Waals surface area contributed by atoms with E-state index >= 15 is 0 Å². The first-order valence-corrected chi connectivity index (χ1v) is 13.3. The van der Waals surface area contributed by atoms with Crippen molar-refractivity contribution in [3.8, 4) is 11.5 Å². The van der Waals surface area contributed by atoms with Gasteiger partial charge in [-0.3, -0.25) is 9.69 Å². The number of amides is 1. The second-order valence-corrected chi connectivity index (χ2v) is 10.1. The van der Waals surface area contributed by atoms with Gasteiger partial charge in [0.25, 0.3) is 0 Å². The van der Waals surface area contributed by atoms with Gasteiger partial charge in [-0.05, 0) is 74.9 Å². The van der Waals surface area contributed by atoms with Crippen LogP contribution in [0.25, 0.3) is 0 Å². The maximum atomic E-state index is 13.9. The quantitative estimate of drug-likeness (QED) is 0.477. The molecule has 0 radical (unpaired) electrons. The summed E-state index contributed by atoms with van der Waals surface area (Å²) in [5.41, 5.74) is 0.208. The van der Waals surface area contributed by atoms with Gasteiger partial charge in [0.15, 0.2) is 11.6 Å². The van der Waals surface area contributed by atoms with Crippen molar-refractivity contribution in [1.29, 1.82) is 0 Å². The average Bonchev–Trinajstić information content (AvgIpc) is 3.19. The molecule has 2 aliphatic heterocycles. The van der Waals surface area contributed by atoms with Gasteiger partial charge in [0, 0.05) is 32.6 Å². The number of aliphatic hydroxyl groups is 1. The molecule has 2 saturated heterocycles. The predicted molar refractivity (Wildman–Crippen MR) is 138 cm³/mol. The van der Waals surface area contributed by atoms with E-state index in [4.69, 9.17) is 9.47 Å². The molecular weight excluding hydrogens is 459 g/mol. The summed E-state index contributed by atoms with van der Waals surface area (Å²) < 4.78 is 25.5. The standard InChI is InChI=1S/C29H39FN2O4/c30-26-11-3-4-12-27(26)36-23-29(34)14-7-16-31(19-15-29)22-24-9-6-10-25(21-24)35-20-8-18-32-17-5-1-2-13-28(32)33/h3-4,6,9-12,21,34H,1-2,5,7-8,13-20,22-23H2. The molecule has 2 fully saturated rings. The SMILES string of the molecule is O=C1CCCCCN1CCCOc1cccc(CN2CCCC(O)(COc3ccccc3F)CC2)c1. The van der Waals surface area contributed by atoms with Crippen LogP contribution in [0.1, 0.15) is 56.9 Å². The minimum atomic E-state index is -0.962. The van der Waals surface area contributed by atoms with Crippen molar-refractivity contribution in [1.82, 2.24) is 9.80 Å². The Balaban J connectivity index is 1.21. The number of halogens is 1. The van der Waals surface area contributed by atoms with Crippen LogP contribution in [-0.2, 0) is 11.3 Å². The normalized spacial score (nSPS) is 21.6. The fraction of sp³-hybridized carbons (Fsp3) is 0.552. The van der Waals surface area contributed by atoms with E-state index in [2.05, 4.69) is 17.0 Å². The summed E-state index contributed by atoms with van der Waals surface area (Å²) in [5.74, 6) is 0.896. The number of hydrogen-bond acceptors (Lipinski definition) is 5. The molecule has 0 saturated carbocycles. The number of benzene rings is 2. The molecule has 0 spiro atoms. The van der Waals surface area contributed by atoms with E-state index in [1.807, 2.05) is 17.0 Å². The highest BCUT2D eigenvalue weighted by Gasteiger charge is 2.31. The smallest absolute Gasteiger partial charge is 0.222 e. The van der Waals surface area contributed by atoms with Gasteiger partial charge in [0.2, 0.25) is 5.91 Å². The zero-order valence-electron chi connectivity index (χ0n) is 21.2. The van der Waals surface area contributed by atoms with Crippen molar-refractivity contribution in [3.05, 3.63) is 59.9 Å². The van der Waals surface area contributed by atoms with Crippen molar-refractivity contribution < 1.29 is 23.8 Å². The van der Waals surface area contributed by atoms with Crippen LogP contribution >= 0.6 is 0 Å². The summed E-state index contributed by atoms with van der Waals surface area (Å²) >= 11 is 0. The highest BCUT2D eigenvalue weighted by atomic mass is 19.1. The van der Waals surface area contributed by atoms with E-state index in [0.717, 1.165) is 70.6 Å². The molecule has 1 N–H and O–H groups in total. The molecular formula is C29H39FN2O4. The molecule has 2 aliphatic rings. The summed E-state index contributed by atoms with van der Waals surface area (Å²) in [4.78, 5) is 16.5. The van der Waals surface area contributed by atoms with Gasteiger partial charge in [-0.1, -0.05) is 30.7 Å². The van der Waals surface area contributed by atoms with E-state index in [1.54, 1.807) is 18.2 Å². The topological polar surface area (TPSA) is 62.2 Å². The molecule has 2 aromatic rings. The molecule has 36 heavy (non-hydrogen) atoms. The average molecular weight is 499 g/mol. The lowest BCUT2D eigenvalue weighted by atomic mass is 9.96. The van der Waals surface area contributed by atoms with Gasteiger partial charge >= 0.3 is 0 Å². The maximum absolute atomic E-state index is 13.9. The molecule has 196 valence electrons. The van der Waals surface area contributed by atoms with Crippen molar-refractivity contribution in [2.75, 3.05) is 39.4 Å². The summed E-state index contributed by atoms with van der Waals surface area (Å²) in [6, 6.07) is 14.5. The Morgan fingerprint density at radius 1 is 0.944 bits per heavy atom. The fourth-order valence-electron chi connectivity index (χ4n) is 5.02. The number of hydrogen-bond donors (Lipinski definition) is 1. The minimum absolute atomic E-state index is 0.0914. The molecule has 0 aromatic heterocycles. The van der Waals surface area contributed by atoms with Gasteiger partial charge in [0.05, 0.1) is 12.2 Å². The van der Waals surface area contributed by atoms with Crippen LogP contribution in [-0.4, -0.2) is 65.8 Å². The number of ether oxygens (including phenoxy) is 2. The molecule has 0 bridgehead atoms. The molecule has 6 nitrogen and oxygen atoms in total. The lowest BCUT2D eigenvalue weighted by molar-refractivity contribution is -0.130. The second-order valence-electron chi connectivity index (χ2n) is 10.1. The van der Waals surface area contributed by atoms with Crippen LogP contribution in [0.4, 0.5) is 4.39 Å². The van der Waals surface area contributed by atoms with E-state index < -0.39 is 11.4 Å². The Bertz CT molecular complexity index is 987. The van der Waals surface area contributed by atoms with Crippen LogP contribution in [0.5, 0.6) is 11.5 Å². The Labute approximate surface area is 214 Å². The summed E-state index contributed by atoms with van der Waals surface area (Å²) in [6.45, 7) is 4.72. The van der Waals surface area contributed by atoms with E-state index in [0.29, 0.717) is 25.9 Å². The summed E-state index contributed by atoms with van der Waals surface area (Å²) in [6.07, 6.45) is 6.81. The largest absolute Gasteiger partial charge is 0.494 e. The van der Waals surface area contributed by atoms with Gasteiger partial charge < -0.3 is 19.5 Å². The van der Waals surface area contributed by atoms with E-state index in [9.17, 15) is 14.3 Å². The third kappa shape index (κ3) is 7.93. The molecule has 4 rings (SSSR count). The number of likely N-dealkylation sites (tertiary alicyclic amines) is 2. The third-order valence-electron chi connectivity index (χ3n) is 7.16. The first-order valence-electron chi connectivity index (χ1n) is 13.3. The highest BCUT2D eigenvalue weighted by Crippen LogP contribution is 2.26. The molecule has 1 unspecified atom stereocenters. The molecule has 1 amide bonds. The highest BCUT2D eigenvalue weighted by molar-refractivity contribution is 5.76. The number of para-hydroxylation sites is 1. The number of nitrogens with zero attached hydrogens (tertiary/aromatic N) is 2. The number of carbonyl (C=O) groups excluding carboxylic acids is 1. The molecule has 1 atom stereocenters. The van der Waals surface area contributed by atoms with Crippen LogP contribution in [0, 0.1) is 5.82 Å². The number of carbonyl (C=O) groups is 1. The summed E-state index contributed by atoms with van der Waals surface area (Å²) in [5, 5.41) is 11.1. The third-order valence-corrected chi connectivity index (χ3v) is 7.16. The number of rotatable bonds is 10. The summed E-state index contributed by atoms with van der Waals surface area (Å²) in [7, 11) is 0. The lowest BCUT2D eigenvalue weighted by Gasteiger charge is -2.27. The molecule has 2 heterocycles. The Kier molecular flexibility index (Phi) is 9.59. The second kappa shape index (κ2) is 13.1. The van der Waals surface area contributed by atoms with Crippen molar-refractivity contribution >= 4 is 5.91 Å². The Morgan fingerprint density at radius 3 is 2.72 bits per heavy atom. The monoisotopic (exact) mass is 498 g/mol. The van der Waals surface area contributed by atoms with Crippen LogP contribution in [0.2, 0.25) is 0 Å². The Hall–Kier alpha value is -2.64. The molecule has 0 aliphatic carbocycles. The van der Waals surface area contributed by atoms with Gasteiger partial charge in [-0.15, -0.1) is 0 Å². The Morgan fingerprint density at radius 2 is 1.83 bits per heavy atom. The molecule has 7 heteroatoms. The van der Waals surface area contributed by atoms with Gasteiger partial charge in [0.1, 0.15) is 12.4 Å². The van der Waals surface area contributed by atoms with Gasteiger partial charge in [-0.25, -0.2) is 4.39 Å². The van der Waals surface area contributed by atoms with Crippen LogP contribution < -0.4 is 9.47 Å². The molecule has 2 aromatic carbocycles. The first kappa shape index (κ1) is 26.4. The predicted octanol–water partition coefficient (Wildman–Crippen LogP) is 4.79. The lowest BCUT2D eigenvalue weighted by Crippen LogP contribution is -2.37. The van der Waals surface area contributed by atoms with E-state index in [-0.39, 0.29) is 18.3 Å². The zero-order valence-corrected chi connectivity index (χ0v) is 21.2. The zero-order chi connectivity index (χ0) is 25.2.